The van der Waals surface area contributed by atoms with Gasteiger partial charge in [-0.3, -0.25) is 9.69 Å². The van der Waals surface area contributed by atoms with E-state index in [-0.39, 0.29) is 6.04 Å². The number of nitrogens with zero attached hydrogens (tertiary/aromatic N) is 1. The van der Waals surface area contributed by atoms with Gasteiger partial charge in [0.15, 0.2) is 0 Å². The van der Waals surface area contributed by atoms with Crippen molar-refractivity contribution in [3.8, 4) is 0 Å². The van der Waals surface area contributed by atoms with Crippen molar-refractivity contribution in [3.05, 3.63) is 0 Å². The highest BCUT2D eigenvalue weighted by atomic mass is 16.5. The maximum atomic E-state index is 11.9. The minimum absolute atomic E-state index is 0.121. The number of hydrogen-bond acceptors (Lipinski definition) is 4. The predicted molar refractivity (Wildman–Crippen MR) is 67.2 cm³/mol. The third-order valence-electron chi connectivity index (χ3n) is 3.34. The highest BCUT2D eigenvalue weighted by molar-refractivity contribution is 5.84. The summed E-state index contributed by atoms with van der Waals surface area (Å²) in [5, 5.41) is 0. The first-order chi connectivity index (χ1) is 8.29. The van der Waals surface area contributed by atoms with Crippen molar-refractivity contribution < 1.29 is 14.3 Å². The first-order valence-electron chi connectivity index (χ1n) is 6.54. The Morgan fingerprint density at radius 3 is 2.59 bits per heavy atom. The highest BCUT2D eigenvalue weighted by Crippen LogP contribution is 2.19. The fraction of sp³-hybridized carbons (Fsp3) is 0.923. The average Bonchev–Trinajstić information content (AvgIpc) is 2.35. The van der Waals surface area contributed by atoms with Crippen LogP contribution in [0.1, 0.15) is 32.1 Å². The molecule has 0 radical (unpaired) electrons. The Kier molecular flexibility index (Phi) is 7.40. The second kappa shape index (κ2) is 8.61. The Hall–Kier alpha value is -0.450. The molecule has 17 heavy (non-hydrogen) atoms. The van der Waals surface area contributed by atoms with Crippen LogP contribution in [0.3, 0.4) is 0 Å². The molecule has 1 saturated carbocycles. The molecule has 0 N–H and O–H groups in total. The van der Waals surface area contributed by atoms with Gasteiger partial charge in [0.2, 0.25) is 0 Å². The van der Waals surface area contributed by atoms with Crippen molar-refractivity contribution >= 4 is 5.78 Å². The van der Waals surface area contributed by atoms with Gasteiger partial charge in [0.1, 0.15) is 5.78 Å². The van der Waals surface area contributed by atoms with Crippen LogP contribution in [0.15, 0.2) is 0 Å². The van der Waals surface area contributed by atoms with Crippen LogP contribution >= 0.6 is 0 Å². The van der Waals surface area contributed by atoms with Crippen molar-refractivity contribution in [2.24, 2.45) is 0 Å². The number of carbonyl (C=O) groups is 1. The smallest absolute Gasteiger partial charge is 0.149 e. The van der Waals surface area contributed by atoms with Crippen molar-refractivity contribution in [1.29, 1.82) is 0 Å². The average molecular weight is 243 g/mol. The Morgan fingerprint density at radius 2 is 1.94 bits per heavy atom. The minimum atomic E-state index is 0.121. The minimum Gasteiger partial charge on any atom is -0.385 e. The lowest BCUT2D eigenvalue weighted by Gasteiger charge is -2.32. The van der Waals surface area contributed by atoms with Gasteiger partial charge >= 0.3 is 0 Å². The number of ketones is 1. The zero-order valence-electron chi connectivity index (χ0n) is 11.1. The molecule has 1 fully saturated rings. The molecular formula is C13H25NO3. The van der Waals surface area contributed by atoms with Crippen molar-refractivity contribution in [3.63, 3.8) is 0 Å². The molecule has 0 amide bonds. The largest absolute Gasteiger partial charge is 0.385 e. The zero-order chi connectivity index (χ0) is 12.5. The number of carbonyl (C=O) groups excluding carboxylic acids is 1. The summed E-state index contributed by atoms with van der Waals surface area (Å²) < 4.78 is 10.2. The first kappa shape index (κ1) is 14.6. The number of ether oxygens (including phenoxy) is 2. The Bertz CT molecular complexity index is 221. The maximum absolute atomic E-state index is 11.9. The van der Waals surface area contributed by atoms with E-state index in [1.807, 2.05) is 0 Å². The molecule has 0 aliphatic heterocycles. The lowest BCUT2D eigenvalue weighted by Crippen LogP contribution is -2.45. The van der Waals surface area contributed by atoms with Crippen molar-refractivity contribution in [2.75, 3.05) is 40.5 Å². The fourth-order valence-electron chi connectivity index (χ4n) is 2.39. The molecule has 100 valence electrons. The molecule has 4 nitrogen and oxygen atoms in total. The van der Waals surface area contributed by atoms with E-state index in [4.69, 9.17) is 9.47 Å². The van der Waals surface area contributed by atoms with E-state index in [0.29, 0.717) is 12.4 Å². The third kappa shape index (κ3) is 5.15. The third-order valence-corrected chi connectivity index (χ3v) is 3.34. The molecule has 4 heteroatoms. The van der Waals surface area contributed by atoms with Gasteiger partial charge in [0.05, 0.1) is 12.6 Å². The van der Waals surface area contributed by atoms with E-state index in [0.717, 1.165) is 45.4 Å². The van der Waals surface area contributed by atoms with Crippen LogP contribution in [0.2, 0.25) is 0 Å². The van der Waals surface area contributed by atoms with E-state index < -0.39 is 0 Å². The number of methoxy groups -OCH3 is 2. The van der Waals surface area contributed by atoms with Gasteiger partial charge < -0.3 is 9.47 Å². The molecule has 0 aromatic heterocycles. The molecule has 0 aromatic carbocycles. The van der Waals surface area contributed by atoms with Gasteiger partial charge in [-0.25, -0.2) is 0 Å². The van der Waals surface area contributed by atoms with Gasteiger partial charge in [0.25, 0.3) is 0 Å². The first-order valence-corrected chi connectivity index (χ1v) is 6.54. The summed E-state index contributed by atoms with van der Waals surface area (Å²) in [6.45, 7) is 3.21. The van der Waals surface area contributed by atoms with Crippen LogP contribution < -0.4 is 0 Å². The maximum Gasteiger partial charge on any atom is 0.149 e. The lowest BCUT2D eigenvalue weighted by atomic mass is 9.92. The summed E-state index contributed by atoms with van der Waals surface area (Å²) in [6, 6.07) is 0.121. The van der Waals surface area contributed by atoms with Crippen LogP contribution in [0.25, 0.3) is 0 Å². The molecule has 1 aliphatic rings. The molecule has 0 spiro atoms. The molecule has 1 rings (SSSR count). The summed E-state index contributed by atoms with van der Waals surface area (Å²) in [6.07, 6.45) is 4.97. The van der Waals surface area contributed by atoms with E-state index in [1.54, 1.807) is 14.2 Å². The Balaban J connectivity index is 2.44. The highest BCUT2D eigenvalue weighted by Gasteiger charge is 2.27. The topological polar surface area (TPSA) is 38.8 Å². The van der Waals surface area contributed by atoms with Crippen molar-refractivity contribution in [2.45, 2.75) is 38.1 Å². The molecule has 1 aliphatic carbocycles. The van der Waals surface area contributed by atoms with Crippen LogP contribution in [0, 0.1) is 0 Å². The molecule has 0 bridgehead atoms. The van der Waals surface area contributed by atoms with Gasteiger partial charge in [-0.15, -0.1) is 0 Å². The summed E-state index contributed by atoms with van der Waals surface area (Å²) in [5.41, 5.74) is 0. The summed E-state index contributed by atoms with van der Waals surface area (Å²) in [7, 11) is 3.42. The summed E-state index contributed by atoms with van der Waals surface area (Å²) in [4.78, 5) is 14.2. The van der Waals surface area contributed by atoms with Gasteiger partial charge in [0, 0.05) is 40.3 Å². The molecule has 0 heterocycles. The lowest BCUT2D eigenvalue weighted by molar-refractivity contribution is -0.126. The quantitative estimate of drug-likeness (QED) is 0.605. The molecule has 1 atom stereocenters. The van der Waals surface area contributed by atoms with E-state index in [9.17, 15) is 4.79 Å². The van der Waals surface area contributed by atoms with Crippen LogP contribution in [0.5, 0.6) is 0 Å². The monoisotopic (exact) mass is 243 g/mol. The standard InChI is InChI=1S/C13H25NO3/c1-16-10-5-8-14(9-11-17-2)12-6-3-4-7-13(12)15/h12H,3-11H2,1-2H3. The predicted octanol–water partition coefficient (Wildman–Crippen LogP) is 1.48. The van der Waals surface area contributed by atoms with E-state index in [1.165, 1.54) is 6.42 Å². The Labute approximate surface area is 104 Å². The second-order valence-corrected chi connectivity index (χ2v) is 4.60. The van der Waals surface area contributed by atoms with Gasteiger partial charge in [-0.05, 0) is 19.3 Å². The molecule has 1 unspecified atom stereocenters. The van der Waals surface area contributed by atoms with Crippen LogP contribution in [-0.4, -0.2) is 57.2 Å². The van der Waals surface area contributed by atoms with Crippen LogP contribution in [-0.2, 0) is 14.3 Å². The number of rotatable bonds is 8. The van der Waals surface area contributed by atoms with Crippen molar-refractivity contribution in [1.82, 2.24) is 4.90 Å². The van der Waals surface area contributed by atoms with Crippen LogP contribution in [0.4, 0.5) is 0 Å². The van der Waals surface area contributed by atoms with E-state index >= 15 is 0 Å². The van der Waals surface area contributed by atoms with Gasteiger partial charge in [-0.2, -0.15) is 0 Å². The molecule has 0 aromatic rings. The fourth-order valence-corrected chi connectivity index (χ4v) is 2.39. The number of hydrogen-bond donors (Lipinski definition) is 0. The zero-order valence-corrected chi connectivity index (χ0v) is 11.1. The summed E-state index contributed by atoms with van der Waals surface area (Å²) >= 11 is 0. The van der Waals surface area contributed by atoms with Gasteiger partial charge in [-0.1, -0.05) is 6.42 Å². The SMILES string of the molecule is COCCCN(CCOC)C1CCCCC1=O. The normalized spacial score (nSPS) is 21.1. The molecular weight excluding hydrogens is 218 g/mol. The number of Topliss-reactive ketones (excluding diaryl/α,β-unsaturated/α-hetero) is 1. The Morgan fingerprint density at radius 1 is 1.18 bits per heavy atom. The van der Waals surface area contributed by atoms with E-state index in [2.05, 4.69) is 4.90 Å². The second-order valence-electron chi connectivity index (χ2n) is 4.60. The molecule has 0 saturated heterocycles. The summed E-state index contributed by atoms with van der Waals surface area (Å²) in [5.74, 6) is 0.407.